The molecule has 148 valence electrons. The highest BCUT2D eigenvalue weighted by atomic mass is 127. The first-order valence-electron chi connectivity index (χ1n) is 8.99. The molecule has 0 aliphatic carbocycles. The standard InChI is InChI=1S/C19H31N3O3.HI/c1-5-25-16-9-12-22(13-10-16)19(20-2)21-11-8-15-14-17(23-3)6-7-18(15)24-4;/h6-7,14,16H,5,8-13H2,1-4H3,(H,20,21);1H. The molecule has 0 spiro atoms. The Morgan fingerprint density at radius 2 is 1.96 bits per heavy atom. The molecule has 1 fully saturated rings. The van der Waals surface area contributed by atoms with E-state index in [0.717, 1.165) is 68.5 Å². The molecular weight excluding hydrogens is 445 g/mol. The quantitative estimate of drug-likeness (QED) is 0.372. The fraction of sp³-hybridized carbons (Fsp3) is 0.632. The summed E-state index contributed by atoms with van der Waals surface area (Å²) in [7, 11) is 5.21. The molecule has 1 N–H and O–H groups in total. The maximum Gasteiger partial charge on any atom is 0.193 e. The predicted molar refractivity (Wildman–Crippen MR) is 116 cm³/mol. The van der Waals surface area contributed by atoms with Crippen molar-refractivity contribution in [2.24, 2.45) is 4.99 Å². The second-order valence-corrected chi connectivity index (χ2v) is 6.04. The molecule has 2 rings (SSSR count). The molecule has 26 heavy (non-hydrogen) atoms. The monoisotopic (exact) mass is 477 g/mol. The lowest BCUT2D eigenvalue weighted by molar-refractivity contribution is 0.0264. The van der Waals surface area contributed by atoms with Crippen LogP contribution in [0.25, 0.3) is 0 Å². The number of piperidine rings is 1. The number of methoxy groups -OCH3 is 2. The maximum atomic E-state index is 5.72. The van der Waals surface area contributed by atoms with E-state index in [2.05, 4.69) is 22.1 Å². The van der Waals surface area contributed by atoms with Crippen molar-refractivity contribution in [1.29, 1.82) is 0 Å². The van der Waals surface area contributed by atoms with E-state index in [1.54, 1.807) is 14.2 Å². The minimum atomic E-state index is 0. The van der Waals surface area contributed by atoms with Crippen molar-refractivity contribution in [1.82, 2.24) is 10.2 Å². The van der Waals surface area contributed by atoms with Crippen LogP contribution < -0.4 is 14.8 Å². The summed E-state index contributed by atoms with van der Waals surface area (Å²) in [5.41, 5.74) is 1.12. The van der Waals surface area contributed by atoms with E-state index < -0.39 is 0 Å². The van der Waals surface area contributed by atoms with Crippen molar-refractivity contribution in [2.75, 3.05) is 47.5 Å². The van der Waals surface area contributed by atoms with Gasteiger partial charge in [0.2, 0.25) is 0 Å². The van der Waals surface area contributed by atoms with E-state index in [1.165, 1.54) is 0 Å². The number of likely N-dealkylation sites (tertiary alicyclic amines) is 1. The SMILES string of the molecule is CCOC1CCN(C(=NC)NCCc2cc(OC)ccc2OC)CC1.I. The summed E-state index contributed by atoms with van der Waals surface area (Å²) in [5.74, 6) is 2.69. The number of guanidine groups is 1. The van der Waals surface area contributed by atoms with Crippen molar-refractivity contribution in [2.45, 2.75) is 32.3 Å². The molecule has 0 aromatic heterocycles. The number of halogens is 1. The number of nitrogens with one attached hydrogen (secondary N) is 1. The first-order chi connectivity index (χ1) is 12.2. The Bertz CT molecular complexity index is 561. The smallest absolute Gasteiger partial charge is 0.193 e. The van der Waals surface area contributed by atoms with Gasteiger partial charge in [0.15, 0.2) is 5.96 Å². The van der Waals surface area contributed by atoms with Gasteiger partial charge >= 0.3 is 0 Å². The van der Waals surface area contributed by atoms with Gasteiger partial charge in [0.25, 0.3) is 0 Å². The lowest BCUT2D eigenvalue weighted by Gasteiger charge is -2.34. The molecule has 1 aromatic carbocycles. The Labute approximate surface area is 174 Å². The van der Waals surface area contributed by atoms with Gasteiger partial charge in [-0.15, -0.1) is 24.0 Å². The summed E-state index contributed by atoms with van der Waals surface area (Å²) in [5, 5.41) is 3.46. The molecule has 0 bridgehead atoms. The molecule has 7 heteroatoms. The molecule has 1 aliphatic rings. The van der Waals surface area contributed by atoms with Gasteiger partial charge in [-0.1, -0.05) is 0 Å². The molecule has 1 aromatic rings. The Morgan fingerprint density at radius 1 is 1.23 bits per heavy atom. The van der Waals surface area contributed by atoms with Crippen LogP contribution in [-0.2, 0) is 11.2 Å². The number of nitrogens with zero attached hydrogens (tertiary/aromatic N) is 2. The first kappa shape index (κ1) is 22.8. The number of aliphatic imine (C=N–C) groups is 1. The third kappa shape index (κ3) is 6.50. The molecule has 1 heterocycles. The molecule has 0 saturated carbocycles. The topological polar surface area (TPSA) is 55.3 Å². The first-order valence-corrected chi connectivity index (χ1v) is 8.99. The van der Waals surface area contributed by atoms with Gasteiger partial charge < -0.3 is 24.4 Å². The lowest BCUT2D eigenvalue weighted by Crippen LogP contribution is -2.47. The van der Waals surface area contributed by atoms with Crippen LogP contribution >= 0.6 is 24.0 Å². The Balaban J connectivity index is 0.00000338. The van der Waals surface area contributed by atoms with Gasteiger partial charge in [-0.2, -0.15) is 0 Å². The molecular formula is C19H32IN3O3. The highest BCUT2D eigenvalue weighted by molar-refractivity contribution is 14.0. The van der Waals surface area contributed by atoms with Crippen LogP contribution in [0.4, 0.5) is 0 Å². The maximum absolute atomic E-state index is 5.72. The van der Waals surface area contributed by atoms with Crippen LogP contribution in [0.1, 0.15) is 25.3 Å². The molecule has 0 atom stereocenters. The number of hydrogen-bond acceptors (Lipinski definition) is 4. The molecule has 0 amide bonds. The van der Waals surface area contributed by atoms with Gasteiger partial charge in [-0.05, 0) is 49.9 Å². The second-order valence-electron chi connectivity index (χ2n) is 6.04. The average Bonchev–Trinajstić information content (AvgIpc) is 2.66. The Morgan fingerprint density at radius 3 is 2.54 bits per heavy atom. The van der Waals surface area contributed by atoms with E-state index in [4.69, 9.17) is 14.2 Å². The summed E-state index contributed by atoms with van der Waals surface area (Å²) in [4.78, 5) is 6.73. The third-order valence-corrected chi connectivity index (χ3v) is 4.52. The van der Waals surface area contributed by atoms with Crippen molar-refractivity contribution >= 4 is 29.9 Å². The van der Waals surface area contributed by atoms with Crippen molar-refractivity contribution in [3.8, 4) is 11.5 Å². The highest BCUT2D eigenvalue weighted by Gasteiger charge is 2.21. The lowest BCUT2D eigenvalue weighted by atomic mass is 10.1. The Kier molecular flexibility index (Phi) is 10.7. The molecule has 0 radical (unpaired) electrons. The van der Waals surface area contributed by atoms with Crippen molar-refractivity contribution in [3.63, 3.8) is 0 Å². The highest BCUT2D eigenvalue weighted by Crippen LogP contribution is 2.24. The van der Waals surface area contributed by atoms with Crippen LogP contribution in [0.15, 0.2) is 23.2 Å². The third-order valence-electron chi connectivity index (χ3n) is 4.52. The summed E-state index contributed by atoms with van der Waals surface area (Å²) in [6.45, 7) is 5.60. The fourth-order valence-electron chi connectivity index (χ4n) is 3.19. The summed E-state index contributed by atoms with van der Waals surface area (Å²) >= 11 is 0. The predicted octanol–water partition coefficient (Wildman–Crippen LogP) is 2.94. The van der Waals surface area contributed by atoms with Crippen LogP contribution in [-0.4, -0.2) is 64.5 Å². The molecule has 1 saturated heterocycles. The van der Waals surface area contributed by atoms with Gasteiger partial charge in [0.05, 0.1) is 20.3 Å². The van der Waals surface area contributed by atoms with Crippen LogP contribution in [0.2, 0.25) is 0 Å². The molecule has 1 aliphatic heterocycles. The number of benzene rings is 1. The number of rotatable bonds is 7. The molecule has 6 nitrogen and oxygen atoms in total. The largest absolute Gasteiger partial charge is 0.497 e. The van der Waals surface area contributed by atoms with Crippen molar-refractivity contribution < 1.29 is 14.2 Å². The summed E-state index contributed by atoms with van der Waals surface area (Å²) in [6, 6.07) is 5.88. The minimum absolute atomic E-state index is 0. The van der Waals surface area contributed by atoms with Gasteiger partial charge in [-0.25, -0.2) is 0 Å². The van der Waals surface area contributed by atoms with E-state index in [0.29, 0.717) is 6.10 Å². The molecule has 0 unspecified atom stereocenters. The van der Waals surface area contributed by atoms with E-state index in [9.17, 15) is 0 Å². The van der Waals surface area contributed by atoms with E-state index in [1.807, 2.05) is 25.2 Å². The Hall–Kier alpha value is -1.22. The summed E-state index contributed by atoms with van der Waals surface area (Å²) < 4.78 is 16.5. The zero-order chi connectivity index (χ0) is 18.1. The minimum Gasteiger partial charge on any atom is -0.497 e. The van der Waals surface area contributed by atoms with Crippen LogP contribution in [0, 0.1) is 0 Å². The normalized spacial score (nSPS) is 15.4. The van der Waals surface area contributed by atoms with Gasteiger partial charge in [0, 0.05) is 33.3 Å². The van der Waals surface area contributed by atoms with Gasteiger partial charge in [0.1, 0.15) is 11.5 Å². The summed E-state index contributed by atoms with van der Waals surface area (Å²) in [6.07, 6.45) is 3.34. The second kappa shape index (κ2) is 12.2. The zero-order valence-corrected chi connectivity index (χ0v) is 18.6. The zero-order valence-electron chi connectivity index (χ0n) is 16.3. The van der Waals surface area contributed by atoms with E-state index in [-0.39, 0.29) is 24.0 Å². The van der Waals surface area contributed by atoms with Crippen LogP contribution in [0.3, 0.4) is 0 Å². The fourth-order valence-corrected chi connectivity index (χ4v) is 3.19. The number of ether oxygens (including phenoxy) is 3. The van der Waals surface area contributed by atoms with E-state index >= 15 is 0 Å². The number of hydrogen-bond donors (Lipinski definition) is 1. The average molecular weight is 477 g/mol. The van der Waals surface area contributed by atoms with Gasteiger partial charge in [-0.3, -0.25) is 4.99 Å². The van der Waals surface area contributed by atoms with Crippen LogP contribution in [0.5, 0.6) is 11.5 Å². The van der Waals surface area contributed by atoms with Crippen molar-refractivity contribution in [3.05, 3.63) is 23.8 Å².